The molecular formula is C12H9N3S. The van der Waals surface area contributed by atoms with E-state index < -0.39 is 0 Å². The average Bonchev–Trinajstić information content (AvgIpc) is 2.75. The quantitative estimate of drug-likeness (QED) is 0.695. The molecule has 2 aromatic heterocycles. The molecule has 0 saturated carbocycles. The van der Waals surface area contributed by atoms with Crippen LogP contribution >= 0.6 is 11.3 Å². The molecule has 0 bridgehead atoms. The Hall–Kier alpha value is -1.94. The van der Waals surface area contributed by atoms with Crippen LogP contribution in [0.4, 0.5) is 5.13 Å². The van der Waals surface area contributed by atoms with Crippen molar-refractivity contribution in [2.75, 3.05) is 5.73 Å². The summed E-state index contributed by atoms with van der Waals surface area (Å²) in [5, 5.41) is 3.66. The van der Waals surface area contributed by atoms with Gasteiger partial charge >= 0.3 is 0 Å². The Balaban J connectivity index is 2.31. The number of hydrogen-bond donors (Lipinski definition) is 1. The van der Waals surface area contributed by atoms with E-state index in [2.05, 4.69) is 9.97 Å². The monoisotopic (exact) mass is 227 g/mol. The fourth-order valence-corrected chi connectivity index (χ4v) is 2.29. The fourth-order valence-electron chi connectivity index (χ4n) is 1.72. The van der Waals surface area contributed by atoms with Crippen LogP contribution in [0.1, 0.15) is 0 Å². The summed E-state index contributed by atoms with van der Waals surface area (Å²) in [5.41, 5.74) is 8.54. The molecule has 78 valence electrons. The van der Waals surface area contributed by atoms with Crippen LogP contribution in [0.5, 0.6) is 0 Å². The average molecular weight is 227 g/mol. The molecule has 0 aliphatic rings. The van der Waals surface area contributed by atoms with Gasteiger partial charge in [0, 0.05) is 22.5 Å². The van der Waals surface area contributed by atoms with Crippen molar-refractivity contribution < 1.29 is 0 Å². The Kier molecular flexibility index (Phi) is 2.08. The Morgan fingerprint density at radius 2 is 2.00 bits per heavy atom. The smallest absolute Gasteiger partial charge is 0.180 e. The first-order valence-corrected chi connectivity index (χ1v) is 5.78. The van der Waals surface area contributed by atoms with E-state index in [4.69, 9.17) is 5.73 Å². The number of nitrogens with two attached hydrogens (primary N) is 1. The summed E-state index contributed by atoms with van der Waals surface area (Å²) in [5.74, 6) is 0. The lowest BCUT2D eigenvalue weighted by molar-refractivity contribution is 1.38. The molecule has 4 heteroatoms. The molecule has 0 unspecified atom stereocenters. The van der Waals surface area contributed by atoms with Crippen LogP contribution in [0.25, 0.3) is 22.2 Å². The van der Waals surface area contributed by atoms with E-state index >= 15 is 0 Å². The Labute approximate surface area is 96.6 Å². The summed E-state index contributed by atoms with van der Waals surface area (Å²) >= 11 is 1.45. The first-order valence-electron chi connectivity index (χ1n) is 4.90. The van der Waals surface area contributed by atoms with Crippen LogP contribution in [-0.2, 0) is 0 Å². The SMILES string of the molecule is Nc1nc(-c2cccc3cccnc23)cs1. The van der Waals surface area contributed by atoms with E-state index in [0.29, 0.717) is 5.13 Å². The number of nitrogen functional groups attached to an aromatic ring is 1. The molecule has 1 aromatic carbocycles. The van der Waals surface area contributed by atoms with Crippen LogP contribution in [0.2, 0.25) is 0 Å². The summed E-state index contributed by atoms with van der Waals surface area (Å²) in [4.78, 5) is 8.68. The summed E-state index contributed by atoms with van der Waals surface area (Å²) in [7, 11) is 0. The number of pyridine rings is 1. The third kappa shape index (κ3) is 1.44. The van der Waals surface area contributed by atoms with Gasteiger partial charge in [0.15, 0.2) is 5.13 Å². The van der Waals surface area contributed by atoms with Gasteiger partial charge in [-0.2, -0.15) is 0 Å². The van der Waals surface area contributed by atoms with E-state index in [-0.39, 0.29) is 0 Å². The molecule has 0 aliphatic heterocycles. The van der Waals surface area contributed by atoms with Crippen molar-refractivity contribution in [2.24, 2.45) is 0 Å². The van der Waals surface area contributed by atoms with Crippen molar-refractivity contribution in [1.29, 1.82) is 0 Å². The van der Waals surface area contributed by atoms with Gasteiger partial charge in [0.25, 0.3) is 0 Å². The zero-order valence-corrected chi connectivity index (χ0v) is 9.24. The predicted molar refractivity (Wildman–Crippen MR) is 67.3 cm³/mol. The van der Waals surface area contributed by atoms with Crippen molar-refractivity contribution >= 4 is 27.4 Å². The van der Waals surface area contributed by atoms with Gasteiger partial charge in [-0.25, -0.2) is 4.98 Å². The van der Waals surface area contributed by atoms with Gasteiger partial charge in [-0.1, -0.05) is 24.3 Å². The van der Waals surface area contributed by atoms with E-state index in [1.54, 1.807) is 6.20 Å². The van der Waals surface area contributed by atoms with Gasteiger partial charge < -0.3 is 5.73 Å². The number of rotatable bonds is 1. The summed E-state index contributed by atoms with van der Waals surface area (Å²) in [6.45, 7) is 0. The number of aromatic nitrogens is 2. The lowest BCUT2D eigenvalue weighted by Gasteiger charge is -2.01. The van der Waals surface area contributed by atoms with Crippen molar-refractivity contribution in [3.63, 3.8) is 0 Å². The van der Waals surface area contributed by atoms with Crippen molar-refractivity contribution in [3.05, 3.63) is 41.9 Å². The second kappa shape index (κ2) is 3.57. The minimum absolute atomic E-state index is 0.586. The van der Waals surface area contributed by atoms with E-state index in [0.717, 1.165) is 22.2 Å². The number of anilines is 1. The highest BCUT2D eigenvalue weighted by Gasteiger charge is 2.07. The minimum atomic E-state index is 0.586. The zero-order chi connectivity index (χ0) is 11.0. The number of para-hydroxylation sites is 1. The normalized spacial score (nSPS) is 10.8. The molecule has 3 aromatic rings. The highest BCUT2D eigenvalue weighted by Crippen LogP contribution is 2.28. The predicted octanol–water partition coefficient (Wildman–Crippen LogP) is 2.94. The molecular weight excluding hydrogens is 218 g/mol. The first kappa shape index (κ1) is 9.30. The van der Waals surface area contributed by atoms with Crippen LogP contribution in [0.15, 0.2) is 41.9 Å². The van der Waals surface area contributed by atoms with Crippen molar-refractivity contribution in [1.82, 2.24) is 9.97 Å². The Morgan fingerprint density at radius 1 is 1.12 bits per heavy atom. The standard InChI is InChI=1S/C12H9N3S/c13-12-15-10(7-16-12)9-5-1-3-8-4-2-6-14-11(8)9/h1-7H,(H2,13,15). The van der Waals surface area contributed by atoms with E-state index in [1.807, 2.05) is 35.7 Å². The lowest BCUT2D eigenvalue weighted by Crippen LogP contribution is -1.86. The maximum absolute atomic E-state index is 5.65. The number of fused-ring (bicyclic) bond motifs is 1. The summed E-state index contributed by atoms with van der Waals surface area (Å²) in [6, 6.07) is 10.0. The zero-order valence-electron chi connectivity index (χ0n) is 8.42. The number of hydrogen-bond acceptors (Lipinski definition) is 4. The molecule has 2 heterocycles. The molecule has 0 aliphatic carbocycles. The van der Waals surface area contributed by atoms with Crippen LogP contribution < -0.4 is 5.73 Å². The van der Waals surface area contributed by atoms with Gasteiger partial charge in [0.2, 0.25) is 0 Å². The van der Waals surface area contributed by atoms with Crippen LogP contribution in [0, 0.1) is 0 Å². The number of thiazole rings is 1. The third-order valence-electron chi connectivity index (χ3n) is 2.43. The van der Waals surface area contributed by atoms with Gasteiger partial charge in [0.05, 0.1) is 11.2 Å². The van der Waals surface area contributed by atoms with Gasteiger partial charge in [-0.05, 0) is 6.07 Å². The molecule has 0 atom stereocenters. The number of nitrogens with zero attached hydrogens (tertiary/aromatic N) is 2. The Morgan fingerprint density at radius 3 is 2.81 bits per heavy atom. The van der Waals surface area contributed by atoms with E-state index in [9.17, 15) is 0 Å². The van der Waals surface area contributed by atoms with Gasteiger partial charge in [0.1, 0.15) is 0 Å². The minimum Gasteiger partial charge on any atom is -0.375 e. The molecule has 2 N–H and O–H groups in total. The highest BCUT2D eigenvalue weighted by atomic mass is 32.1. The summed E-state index contributed by atoms with van der Waals surface area (Å²) in [6.07, 6.45) is 1.79. The fraction of sp³-hybridized carbons (Fsp3) is 0. The van der Waals surface area contributed by atoms with Crippen LogP contribution in [-0.4, -0.2) is 9.97 Å². The largest absolute Gasteiger partial charge is 0.375 e. The molecule has 0 amide bonds. The van der Waals surface area contributed by atoms with Crippen LogP contribution in [0.3, 0.4) is 0 Å². The van der Waals surface area contributed by atoms with Gasteiger partial charge in [-0.15, -0.1) is 11.3 Å². The Bertz CT molecular complexity index is 640. The van der Waals surface area contributed by atoms with Crippen molar-refractivity contribution in [2.45, 2.75) is 0 Å². The molecule has 0 saturated heterocycles. The number of benzene rings is 1. The first-order chi connectivity index (χ1) is 7.84. The molecule has 3 rings (SSSR count). The highest BCUT2D eigenvalue weighted by molar-refractivity contribution is 7.13. The summed E-state index contributed by atoms with van der Waals surface area (Å²) < 4.78 is 0. The van der Waals surface area contributed by atoms with Gasteiger partial charge in [-0.3, -0.25) is 4.98 Å². The molecule has 16 heavy (non-hydrogen) atoms. The molecule has 3 nitrogen and oxygen atoms in total. The second-order valence-corrected chi connectivity index (χ2v) is 4.34. The third-order valence-corrected chi connectivity index (χ3v) is 3.10. The maximum atomic E-state index is 5.65. The molecule has 0 fully saturated rings. The maximum Gasteiger partial charge on any atom is 0.180 e. The van der Waals surface area contributed by atoms with E-state index in [1.165, 1.54) is 11.3 Å². The molecule has 0 radical (unpaired) electrons. The lowest BCUT2D eigenvalue weighted by atomic mass is 10.1. The topological polar surface area (TPSA) is 51.8 Å². The second-order valence-electron chi connectivity index (χ2n) is 3.45. The molecule has 0 spiro atoms. The van der Waals surface area contributed by atoms with Crippen molar-refractivity contribution in [3.8, 4) is 11.3 Å².